The lowest BCUT2D eigenvalue weighted by Gasteiger charge is -2.16. The normalized spacial score (nSPS) is 12.9. The number of methoxy groups -OCH3 is 1. The molecule has 4 aromatic rings. The van der Waals surface area contributed by atoms with E-state index in [9.17, 15) is 14.0 Å². The molecule has 5 rings (SSSR count). The first kappa shape index (κ1) is 20.4. The van der Waals surface area contributed by atoms with Gasteiger partial charge in [0.1, 0.15) is 12.1 Å². The molecule has 0 radical (unpaired) electrons. The highest BCUT2D eigenvalue weighted by Gasteiger charge is 2.27. The van der Waals surface area contributed by atoms with E-state index in [1.54, 1.807) is 29.2 Å². The summed E-state index contributed by atoms with van der Waals surface area (Å²) in [5, 5.41) is 3.34. The van der Waals surface area contributed by atoms with Crippen molar-refractivity contribution in [3.8, 4) is 0 Å². The zero-order chi connectivity index (χ0) is 22.2. The summed E-state index contributed by atoms with van der Waals surface area (Å²) in [6.45, 7) is 0.698. The second-order valence-corrected chi connectivity index (χ2v) is 8.52. The molecule has 8 heteroatoms. The first-order valence-electron chi connectivity index (χ1n) is 10.0. The first-order chi connectivity index (χ1) is 15.6. The highest BCUT2D eigenvalue weighted by Crippen LogP contribution is 2.35. The Labute approximate surface area is 187 Å². The molecule has 0 spiro atoms. The Kier molecular flexibility index (Phi) is 5.24. The summed E-state index contributed by atoms with van der Waals surface area (Å²) in [6.07, 6.45) is 3.59. The summed E-state index contributed by atoms with van der Waals surface area (Å²) < 4.78 is 25.4. The van der Waals surface area contributed by atoms with Gasteiger partial charge in [-0.25, -0.2) is 4.39 Å². The third kappa shape index (κ3) is 3.47. The fraction of sp³-hybridized carbons (Fsp3) is 0.167. The monoisotopic (exact) mass is 450 g/mol. The number of hydrogen-bond acceptors (Lipinski definition) is 5. The summed E-state index contributed by atoms with van der Waals surface area (Å²) in [6, 6.07) is 11.9. The molecule has 0 bridgehead atoms. The summed E-state index contributed by atoms with van der Waals surface area (Å²) in [4.78, 5) is 27.9. The zero-order valence-electron chi connectivity index (χ0n) is 17.2. The summed E-state index contributed by atoms with van der Waals surface area (Å²) in [5.41, 5.74) is 3.45. The fourth-order valence-corrected chi connectivity index (χ4v) is 5.17. The molecule has 32 heavy (non-hydrogen) atoms. The van der Waals surface area contributed by atoms with Crippen LogP contribution in [0.5, 0.6) is 0 Å². The third-order valence-electron chi connectivity index (χ3n) is 5.50. The standard InChI is InChI=1S/C24H19FN2O4S/c1-30-13-17-21-18(25)3-2-4-20(21)32-22(17)23(28)26-16-5-6-19-14(11-16)7-9-27(19)24(29)15-8-10-31-12-15/h2-6,8,10-12H,7,9,13H2,1H3,(H,26,28). The second-order valence-electron chi connectivity index (χ2n) is 7.47. The van der Waals surface area contributed by atoms with Gasteiger partial charge in [-0.2, -0.15) is 0 Å². The maximum atomic E-state index is 14.4. The van der Waals surface area contributed by atoms with Crippen molar-refractivity contribution in [3.05, 3.63) is 82.4 Å². The van der Waals surface area contributed by atoms with E-state index in [-0.39, 0.29) is 24.2 Å². The molecule has 2 aromatic heterocycles. The predicted molar refractivity (Wildman–Crippen MR) is 121 cm³/mol. The van der Waals surface area contributed by atoms with Crippen LogP contribution in [-0.4, -0.2) is 25.5 Å². The van der Waals surface area contributed by atoms with Gasteiger partial charge < -0.3 is 19.4 Å². The van der Waals surface area contributed by atoms with E-state index in [0.717, 1.165) is 11.3 Å². The highest BCUT2D eigenvalue weighted by atomic mass is 32.1. The quantitative estimate of drug-likeness (QED) is 0.452. The number of anilines is 2. The molecule has 0 unspecified atom stereocenters. The molecule has 1 N–H and O–H groups in total. The van der Waals surface area contributed by atoms with Crippen molar-refractivity contribution in [2.45, 2.75) is 13.0 Å². The molecule has 6 nitrogen and oxygen atoms in total. The lowest BCUT2D eigenvalue weighted by Crippen LogP contribution is -2.28. The minimum Gasteiger partial charge on any atom is -0.472 e. The van der Waals surface area contributed by atoms with Gasteiger partial charge >= 0.3 is 0 Å². The maximum absolute atomic E-state index is 14.4. The molecule has 3 heterocycles. The van der Waals surface area contributed by atoms with E-state index >= 15 is 0 Å². The van der Waals surface area contributed by atoms with Crippen molar-refractivity contribution in [2.75, 3.05) is 23.9 Å². The van der Waals surface area contributed by atoms with E-state index in [2.05, 4.69) is 5.32 Å². The van der Waals surface area contributed by atoms with E-state index < -0.39 is 0 Å². The smallest absolute Gasteiger partial charge is 0.266 e. The molecule has 162 valence electrons. The number of nitrogens with one attached hydrogen (secondary N) is 1. The van der Waals surface area contributed by atoms with Gasteiger partial charge in [0, 0.05) is 40.7 Å². The summed E-state index contributed by atoms with van der Waals surface area (Å²) in [7, 11) is 1.52. The minimum atomic E-state index is -0.371. The molecular weight excluding hydrogens is 431 g/mol. The zero-order valence-corrected chi connectivity index (χ0v) is 18.0. The van der Waals surface area contributed by atoms with Crippen LogP contribution < -0.4 is 10.2 Å². The average Bonchev–Trinajstić information content (AvgIpc) is 3.52. The number of carbonyl (C=O) groups is 2. The molecule has 1 aliphatic rings. The van der Waals surface area contributed by atoms with Crippen molar-refractivity contribution in [3.63, 3.8) is 0 Å². The van der Waals surface area contributed by atoms with Crippen molar-refractivity contribution in [2.24, 2.45) is 0 Å². The third-order valence-corrected chi connectivity index (χ3v) is 6.70. The molecule has 0 saturated carbocycles. The summed E-state index contributed by atoms with van der Waals surface area (Å²) >= 11 is 1.24. The van der Waals surface area contributed by atoms with E-state index in [1.165, 1.54) is 37.0 Å². The van der Waals surface area contributed by atoms with Crippen LogP contribution in [0.25, 0.3) is 10.1 Å². The number of benzene rings is 2. The Morgan fingerprint density at radius 1 is 1.25 bits per heavy atom. The average molecular weight is 450 g/mol. The molecule has 0 fully saturated rings. The van der Waals surface area contributed by atoms with E-state index in [1.807, 2.05) is 12.1 Å². The number of amides is 2. The number of furan rings is 1. The lowest BCUT2D eigenvalue weighted by molar-refractivity contribution is 0.0987. The fourth-order valence-electron chi connectivity index (χ4n) is 4.05. The molecule has 0 atom stereocenters. The molecule has 1 aliphatic heterocycles. The van der Waals surface area contributed by atoms with E-state index in [0.29, 0.717) is 44.7 Å². The molecule has 2 aromatic carbocycles. The van der Waals surface area contributed by atoms with Gasteiger partial charge in [0.2, 0.25) is 0 Å². The van der Waals surface area contributed by atoms with Crippen LogP contribution in [-0.2, 0) is 17.8 Å². The van der Waals surface area contributed by atoms with Crippen LogP contribution in [0.1, 0.15) is 31.2 Å². The maximum Gasteiger partial charge on any atom is 0.266 e. The van der Waals surface area contributed by atoms with Gasteiger partial charge in [-0.1, -0.05) is 6.07 Å². The van der Waals surface area contributed by atoms with Crippen LogP contribution in [0, 0.1) is 5.82 Å². The van der Waals surface area contributed by atoms with Gasteiger partial charge in [0.25, 0.3) is 11.8 Å². The lowest BCUT2D eigenvalue weighted by atomic mass is 10.1. The highest BCUT2D eigenvalue weighted by molar-refractivity contribution is 7.21. The van der Waals surface area contributed by atoms with Crippen LogP contribution in [0.3, 0.4) is 0 Å². The van der Waals surface area contributed by atoms with Gasteiger partial charge in [-0.05, 0) is 48.4 Å². The topological polar surface area (TPSA) is 71.8 Å². The van der Waals surface area contributed by atoms with Gasteiger partial charge in [0.15, 0.2) is 0 Å². The number of carbonyl (C=O) groups excluding carboxylic acids is 2. The molecular formula is C24H19FN2O4S. The van der Waals surface area contributed by atoms with E-state index in [4.69, 9.17) is 9.15 Å². The number of ether oxygens (including phenoxy) is 1. The van der Waals surface area contributed by atoms with Crippen molar-refractivity contribution in [1.82, 2.24) is 0 Å². The number of halogens is 1. The predicted octanol–water partition coefficient (Wildman–Crippen LogP) is 5.24. The van der Waals surface area contributed by atoms with Crippen molar-refractivity contribution < 1.29 is 23.1 Å². The largest absolute Gasteiger partial charge is 0.472 e. The van der Waals surface area contributed by atoms with Crippen molar-refractivity contribution in [1.29, 1.82) is 0 Å². The molecule has 2 amide bonds. The van der Waals surface area contributed by atoms with Gasteiger partial charge in [-0.3, -0.25) is 9.59 Å². The summed E-state index contributed by atoms with van der Waals surface area (Å²) in [5.74, 6) is -0.808. The van der Waals surface area contributed by atoms with Crippen molar-refractivity contribution >= 4 is 44.6 Å². The number of nitrogens with zero attached hydrogens (tertiary/aromatic N) is 1. The number of rotatable bonds is 5. The first-order valence-corrected chi connectivity index (χ1v) is 10.9. The SMILES string of the molecule is COCc1c(C(=O)Nc2ccc3c(c2)CCN3C(=O)c2ccoc2)sc2cccc(F)c12. The van der Waals surface area contributed by atoms with Crippen LogP contribution in [0.4, 0.5) is 15.8 Å². The number of fused-ring (bicyclic) bond motifs is 2. The van der Waals surface area contributed by atoms with Crippen LogP contribution in [0.15, 0.2) is 59.4 Å². The molecule has 0 saturated heterocycles. The Bertz CT molecular complexity index is 1330. The minimum absolute atomic E-state index is 0.120. The van der Waals surface area contributed by atoms with Crippen LogP contribution in [0.2, 0.25) is 0 Å². The Morgan fingerprint density at radius 2 is 2.12 bits per heavy atom. The number of hydrogen-bond donors (Lipinski definition) is 1. The number of thiophene rings is 1. The van der Waals surface area contributed by atoms with Gasteiger partial charge in [0.05, 0.1) is 23.3 Å². The molecule has 0 aliphatic carbocycles. The van der Waals surface area contributed by atoms with Crippen LogP contribution >= 0.6 is 11.3 Å². The second kappa shape index (κ2) is 8.22. The Hall–Kier alpha value is -3.49. The Balaban J connectivity index is 1.41. The van der Waals surface area contributed by atoms with Gasteiger partial charge in [-0.15, -0.1) is 11.3 Å². The Morgan fingerprint density at radius 3 is 2.91 bits per heavy atom.